The summed E-state index contributed by atoms with van der Waals surface area (Å²) in [5, 5.41) is 3.30. The molecule has 0 fully saturated rings. The van der Waals surface area contributed by atoms with Crippen molar-refractivity contribution in [2.75, 3.05) is 0 Å². The molecule has 3 heteroatoms. The van der Waals surface area contributed by atoms with E-state index < -0.39 is 0 Å². The fourth-order valence-corrected chi connectivity index (χ4v) is 0.632. The molecular formula is C7H6N3. The van der Waals surface area contributed by atoms with E-state index in [0.29, 0.717) is 0 Å². The molecular weight excluding hydrogens is 126 g/mol. The van der Waals surface area contributed by atoms with Crippen LogP contribution in [0.1, 0.15) is 5.56 Å². The minimum atomic E-state index is 0.917. The SMILES string of the molecule is [N-]=[N+]=N[CH]c1ccccc1. The van der Waals surface area contributed by atoms with Crippen molar-refractivity contribution < 1.29 is 0 Å². The topological polar surface area (TPSA) is 48.8 Å². The number of benzene rings is 1. The highest BCUT2D eigenvalue weighted by atomic mass is 15.1. The summed E-state index contributed by atoms with van der Waals surface area (Å²) in [6.07, 6.45) is 0. The Hall–Kier alpha value is -1.47. The zero-order valence-corrected chi connectivity index (χ0v) is 5.31. The molecule has 1 aromatic rings. The first-order valence-electron chi connectivity index (χ1n) is 2.86. The standard InChI is InChI=1S/C7H6N3/c8-10-9-6-7-4-2-1-3-5-7/h1-6H. The molecule has 0 amide bonds. The van der Waals surface area contributed by atoms with Crippen LogP contribution in [0.3, 0.4) is 0 Å². The fraction of sp³-hybridized carbons (Fsp3) is 0. The molecule has 0 spiro atoms. The van der Waals surface area contributed by atoms with Gasteiger partial charge in [0, 0.05) is 4.91 Å². The predicted molar refractivity (Wildman–Crippen MR) is 39.0 cm³/mol. The number of hydrogen-bond acceptors (Lipinski definition) is 1. The van der Waals surface area contributed by atoms with E-state index in [9.17, 15) is 0 Å². The first kappa shape index (κ1) is 6.65. The van der Waals surface area contributed by atoms with Gasteiger partial charge in [0.25, 0.3) is 0 Å². The Morgan fingerprint density at radius 2 is 2.00 bits per heavy atom. The molecule has 0 unspecified atom stereocenters. The lowest BCUT2D eigenvalue weighted by Crippen LogP contribution is -1.72. The maximum atomic E-state index is 7.95. The highest BCUT2D eigenvalue weighted by Crippen LogP contribution is 2.01. The highest BCUT2D eigenvalue weighted by Gasteiger charge is 1.84. The third-order valence-corrected chi connectivity index (χ3v) is 1.06. The van der Waals surface area contributed by atoms with Crippen molar-refractivity contribution in [3.8, 4) is 0 Å². The Kier molecular flexibility index (Phi) is 2.35. The van der Waals surface area contributed by atoms with E-state index in [1.54, 1.807) is 0 Å². The van der Waals surface area contributed by atoms with Crippen molar-refractivity contribution in [1.29, 1.82) is 0 Å². The summed E-state index contributed by atoms with van der Waals surface area (Å²) in [5.41, 5.74) is 8.87. The molecule has 0 aliphatic heterocycles. The van der Waals surface area contributed by atoms with E-state index in [4.69, 9.17) is 5.53 Å². The van der Waals surface area contributed by atoms with Crippen molar-refractivity contribution in [2.45, 2.75) is 0 Å². The van der Waals surface area contributed by atoms with Gasteiger partial charge >= 0.3 is 0 Å². The maximum absolute atomic E-state index is 7.95. The van der Waals surface area contributed by atoms with Crippen LogP contribution in [0.5, 0.6) is 0 Å². The lowest BCUT2D eigenvalue weighted by atomic mass is 10.2. The molecule has 0 atom stereocenters. The third kappa shape index (κ3) is 1.80. The molecule has 0 N–H and O–H groups in total. The van der Waals surface area contributed by atoms with E-state index in [-0.39, 0.29) is 0 Å². The monoisotopic (exact) mass is 132 g/mol. The zero-order valence-electron chi connectivity index (χ0n) is 5.31. The number of rotatable bonds is 2. The van der Waals surface area contributed by atoms with Crippen LogP contribution in [0.2, 0.25) is 0 Å². The number of nitrogens with zero attached hydrogens (tertiary/aromatic N) is 3. The third-order valence-electron chi connectivity index (χ3n) is 1.06. The van der Waals surface area contributed by atoms with E-state index in [2.05, 4.69) is 10.0 Å². The second-order valence-electron chi connectivity index (χ2n) is 1.74. The lowest BCUT2D eigenvalue weighted by Gasteiger charge is -1.89. The van der Waals surface area contributed by atoms with Crippen molar-refractivity contribution >= 4 is 0 Å². The quantitative estimate of drug-likeness (QED) is 0.337. The molecule has 10 heavy (non-hydrogen) atoms. The van der Waals surface area contributed by atoms with Gasteiger partial charge in [-0.15, -0.1) is 0 Å². The van der Waals surface area contributed by atoms with Crippen LogP contribution in [0.4, 0.5) is 0 Å². The Morgan fingerprint density at radius 3 is 2.60 bits per heavy atom. The van der Waals surface area contributed by atoms with Crippen molar-refractivity contribution in [1.82, 2.24) is 0 Å². The predicted octanol–water partition coefficient (Wildman–Crippen LogP) is 2.51. The lowest BCUT2D eigenvalue weighted by molar-refractivity contribution is 1.31. The second-order valence-corrected chi connectivity index (χ2v) is 1.74. The molecule has 3 nitrogen and oxygen atoms in total. The van der Waals surface area contributed by atoms with Crippen molar-refractivity contribution in [3.63, 3.8) is 0 Å². The van der Waals surface area contributed by atoms with E-state index in [1.165, 1.54) is 6.54 Å². The molecule has 0 aromatic heterocycles. The van der Waals surface area contributed by atoms with Crippen LogP contribution in [-0.2, 0) is 0 Å². The van der Waals surface area contributed by atoms with Gasteiger partial charge in [-0.2, -0.15) is 0 Å². The minimum Gasteiger partial charge on any atom is -0.0851 e. The second kappa shape index (κ2) is 3.54. The summed E-state index contributed by atoms with van der Waals surface area (Å²) in [5.74, 6) is 0. The average Bonchev–Trinajstić information content (AvgIpc) is 2.03. The van der Waals surface area contributed by atoms with E-state index in [1.807, 2.05) is 30.3 Å². The van der Waals surface area contributed by atoms with Gasteiger partial charge in [-0.1, -0.05) is 35.4 Å². The molecule has 1 aromatic carbocycles. The van der Waals surface area contributed by atoms with Gasteiger partial charge in [0.2, 0.25) is 0 Å². The van der Waals surface area contributed by atoms with Gasteiger partial charge in [0.05, 0.1) is 6.54 Å². The smallest absolute Gasteiger partial charge is 0.0750 e. The molecule has 1 radical (unpaired) electrons. The van der Waals surface area contributed by atoms with Gasteiger partial charge in [0.1, 0.15) is 0 Å². The van der Waals surface area contributed by atoms with Gasteiger partial charge < -0.3 is 0 Å². The zero-order chi connectivity index (χ0) is 7.23. The van der Waals surface area contributed by atoms with E-state index in [0.717, 1.165) is 5.56 Å². The van der Waals surface area contributed by atoms with Gasteiger partial charge in [-0.25, -0.2) is 0 Å². The summed E-state index contributed by atoms with van der Waals surface area (Å²) in [6, 6.07) is 9.42. The molecule has 49 valence electrons. The highest BCUT2D eigenvalue weighted by molar-refractivity contribution is 5.21. The van der Waals surface area contributed by atoms with Crippen LogP contribution in [0.25, 0.3) is 10.4 Å². The van der Waals surface area contributed by atoms with Gasteiger partial charge in [-0.3, -0.25) is 0 Å². The van der Waals surface area contributed by atoms with Crippen molar-refractivity contribution in [3.05, 3.63) is 52.9 Å². The van der Waals surface area contributed by atoms with Crippen LogP contribution in [0, 0.1) is 6.54 Å². The van der Waals surface area contributed by atoms with Crippen LogP contribution in [0.15, 0.2) is 35.4 Å². The first-order chi connectivity index (χ1) is 4.93. The first-order valence-corrected chi connectivity index (χ1v) is 2.86. The van der Waals surface area contributed by atoms with Crippen molar-refractivity contribution in [2.24, 2.45) is 5.11 Å². The van der Waals surface area contributed by atoms with Crippen LogP contribution in [-0.4, -0.2) is 0 Å². The summed E-state index contributed by atoms with van der Waals surface area (Å²) in [4.78, 5) is 2.60. The van der Waals surface area contributed by atoms with Crippen LogP contribution >= 0.6 is 0 Å². The van der Waals surface area contributed by atoms with Gasteiger partial charge in [-0.05, 0) is 11.1 Å². The Bertz CT molecular complexity index is 236. The Balaban J connectivity index is 2.67. The number of azide groups is 1. The largest absolute Gasteiger partial charge is 0.0851 e. The molecule has 0 saturated carbocycles. The molecule has 0 bridgehead atoms. The number of hydrogen-bond donors (Lipinski definition) is 0. The molecule has 0 heterocycles. The Morgan fingerprint density at radius 1 is 1.30 bits per heavy atom. The minimum absolute atomic E-state index is 0.917. The normalized spacial score (nSPS) is 8.40. The molecule has 0 saturated heterocycles. The van der Waals surface area contributed by atoms with Crippen LogP contribution < -0.4 is 0 Å². The fourth-order valence-electron chi connectivity index (χ4n) is 0.632. The Labute approximate surface area is 58.9 Å². The average molecular weight is 132 g/mol. The summed E-state index contributed by atoms with van der Waals surface area (Å²) >= 11 is 0. The summed E-state index contributed by atoms with van der Waals surface area (Å²) < 4.78 is 0. The molecule has 1 rings (SSSR count). The summed E-state index contributed by atoms with van der Waals surface area (Å²) in [6.45, 7) is 1.47. The molecule has 0 aliphatic carbocycles. The van der Waals surface area contributed by atoms with Gasteiger partial charge in [0.15, 0.2) is 0 Å². The van der Waals surface area contributed by atoms with E-state index >= 15 is 0 Å². The molecule has 0 aliphatic rings. The summed E-state index contributed by atoms with van der Waals surface area (Å²) in [7, 11) is 0. The maximum Gasteiger partial charge on any atom is 0.0750 e.